The summed E-state index contributed by atoms with van der Waals surface area (Å²) in [6, 6.07) is 3.83. The van der Waals surface area contributed by atoms with Gasteiger partial charge in [-0.15, -0.1) is 0 Å². The standard InChI is InChI=1S/C12H15NO/c1-8-9-6-7-12(2,3)14-11(9)5-4-10(8)13/h4-7H,13H2,1-3H3. The maximum atomic E-state index is 5.82. The van der Waals surface area contributed by atoms with Crippen molar-refractivity contribution in [3.8, 4) is 5.75 Å². The summed E-state index contributed by atoms with van der Waals surface area (Å²) in [4.78, 5) is 0. The minimum Gasteiger partial charge on any atom is -0.483 e. The van der Waals surface area contributed by atoms with Gasteiger partial charge in [-0.05, 0) is 44.5 Å². The van der Waals surface area contributed by atoms with Gasteiger partial charge >= 0.3 is 0 Å². The molecule has 2 rings (SSSR count). The van der Waals surface area contributed by atoms with Crippen LogP contribution in [0.5, 0.6) is 5.75 Å². The van der Waals surface area contributed by atoms with Crippen molar-refractivity contribution in [3.05, 3.63) is 29.3 Å². The lowest BCUT2D eigenvalue weighted by Gasteiger charge is -2.28. The fourth-order valence-electron chi connectivity index (χ4n) is 1.62. The van der Waals surface area contributed by atoms with Crippen LogP contribution in [0.4, 0.5) is 5.69 Å². The van der Waals surface area contributed by atoms with E-state index in [1.54, 1.807) is 0 Å². The Morgan fingerprint density at radius 3 is 2.71 bits per heavy atom. The molecule has 2 heteroatoms. The second-order valence-corrected chi connectivity index (χ2v) is 4.23. The molecule has 0 saturated heterocycles. The Morgan fingerprint density at radius 1 is 1.29 bits per heavy atom. The van der Waals surface area contributed by atoms with Crippen molar-refractivity contribution in [1.82, 2.24) is 0 Å². The quantitative estimate of drug-likeness (QED) is 0.637. The maximum Gasteiger partial charge on any atom is 0.128 e. The van der Waals surface area contributed by atoms with Gasteiger partial charge in [0.2, 0.25) is 0 Å². The molecule has 2 nitrogen and oxygen atoms in total. The second-order valence-electron chi connectivity index (χ2n) is 4.23. The zero-order valence-electron chi connectivity index (χ0n) is 8.79. The summed E-state index contributed by atoms with van der Waals surface area (Å²) in [6.07, 6.45) is 4.15. The molecule has 0 fully saturated rings. The van der Waals surface area contributed by atoms with Crippen LogP contribution < -0.4 is 10.5 Å². The molecule has 0 atom stereocenters. The summed E-state index contributed by atoms with van der Waals surface area (Å²) < 4.78 is 5.81. The summed E-state index contributed by atoms with van der Waals surface area (Å²) in [5.41, 5.74) is 8.62. The lowest BCUT2D eigenvalue weighted by atomic mass is 9.98. The van der Waals surface area contributed by atoms with E-state index in [2.05, 4.69) is 12.2 Å². The van der Waals surface area contributed by atoms with Crippen LogP contribution >= 0.6 is 0 Å². The number of nitrogen functional groups attached to an aromatic ring is 1. The average Bonchev–Trinajstić information content (AvgIpc) is 2.10. The third-order valence-corrected chi connectivity index (χ3v) is 2.54. The first-order chi connectivity index (χ1) is 6.49. The molecule has 2 N–H and O–H groups in total. The van der Waals surface area contributed by atoms with Crippen molar-refractivity contribution in [3.63, 3.8) is 0 Å². The third-order valence-electron chi connectivity index (χ3n) is 2.54. The lowest BCUT2D eigenvalue weighted by molar-refractivity contribution is 0.159. The molecule has 0 aromatic heterocycles. The molecule has 0 amide bonds. The molecule has 0 aliphatic carbocycles. The zero-order chi connectivity index (χ0) is 10.3. The highest BCUT2D eigenvalue weighted by Crippen LogP contribution is 2.34. The van der Waals surface area contributed by atoms with E-state index in [1.165, 1.54) is 0 Å². The molecular formula is C12H15NO. The van der Waals surface area contributed by atoms with Gasteiger partial charge in [0.05, 0.1) is 0 Å². The summed E-state index contributed by atoms with van der Waals surface area (Å²) in [7, 11) is 0. The van der Waals surface area contributed by atoms with Gasteiger partial charge in [0.25, 0.3) is 0 Å². The molecule has 0 bridgehead atoms. The fourth-order valence-corrected chi connectivity index (χ4v) is 1.62. The smallest absolute Gasteiger partial charge is 0.128 e. The summed E-state index contributed by atoms with van der Waals surface area (Å²) >= 11 is 0. The van der Waals surface area contributed by atoms with E-state index < -0.39 is 0 Å². The summed E-state index contributed by atoms with van der Waals surface area (Å²) in [5, 5.41) is 0. The first kappa shape index (κ1) is 9.13. The highest BCUT2D eigenvalue weighted by molar-refractivity contribution is 5.70. The number of hydrogen-bond acceptors (Lipinski definition) is 2. The highest BCUT2D eigenvalue weighted by atomic mass is 16.5. The Bertz CT molecular complexity index is 405. The summed E-state index contributed by atoms with van der Waals surface area (Å²) in [6.45, 7) is 6.09. The Morgan fingerprint density at radius 2 is 2.00 bits per heavy atom. The van der Waals surface area contributed by atoms with Gasteiger partial charge in [0, 0.05) is 11.3 Å². The van der Waals surface area contributed by atoms with Crippen LogP contribution in [0.25, 0.3) is 6.08 Å². The first-order valence-corrected chi connectivity index (χ1v) is 4.77. The van der Waals surface area contributed by atoms with Crippen LogP contribution in [-0.4, -0.2) is 5.60 Å². The van der Waals surface area contributed by atoms with Gasteiger partial charge in [-0.3, -0.25) is 0 Å². The molecule has 0 spiro atoms. The third kappa shape index (κ3) is 1.37. The van der Waals surface area contributed by atoms with Crippen molar-refractivity contribution in [2.45, 2.75) is 26.4 Å². The topological polar surface area (TPSA) is 35.2 Å². The van der Waals surface area contributed by atoms with E-state index in [9.17, 15) is 0 Å². The van der Waals surface area contributed by atoms with Gasteiger partial charge in [-0.1, -0.05) is 6.08 Å². The maximum absolute atomic E-state index is 5.82. The van der Waals surface area contributed by atoms with Crippen molar-refractivity contribution in [1.29, 1.82) is 0 Å². The van der Waals surface area contributed by atoms with Crippen molar-refractivity contribution in [2.24, 2.45) is 0 Å². The number of rotatable bonds is 0. The molecule has 1 aromatic carbocycles. The molecule has 1 aliphatic heterocycles. The van der Waals surface area contributed by atoms with E-state index in [0.717, 1.165) is 22.6 Å². The number of anilines is 1. The largest absolute Gasteiger partial charge is 0.483 e. The van der Waals surface area contributed by atoms with Crippen molar-refractivity contribution in [2.75, 3.05) is 5.73 Å². The first-order valence-electron chi connectivity index (χ1n) is 4.77. The van der Waals surface area contributed by atoms with Crippen LogP contribution in [-0.2, 0) is 0 Å². The lowest BCUT2D eigenvalue weighted by Crippen LogP contribution is -2.27. The molecule has 14 heavy (non-hydrogen) atoms. The van der Waals surface area contributed by atoms with Gasteiger partial charge < -0.3 is 10.5 Å². The van der Waals surface area contributed by atoms with E-state index in [0.29, 0.717) is 0 Å². The molecule has 0 radical (unpaired) electrons. The molecule has 1 heterocycles. The van der Waals surface area contributed by atoms with Gasteiger partial charge in [-0.2, -0.15) is 0 Å². The van der Waals surface area contributed by atoms with Crippen LogP contribution in [0.2, 0.25) is 0 Å². The molecular weight excluding hydrogens is 174 g/mol. The monoisotopic (exact) mass is 189 g/mol. The fraction of sp³-hybridized carbons (Fsp3) is 0.333. The highest BCUT2D eigenvalue weighted by Gasteiger charge is 2.22. The molecule has 1 aromatic rings. The predicted molar refractivity (Wildman–Crippen MR) is 59.3 cm³/mol. The molecule has 74 valence electrons. The Hall–Kier alpha value is -1.44. The van der Waals surface area contributed by atoms with Gasteiger partial charge in [0.1, 0.15) is 11.4 Å². The summed E-state index contributed by atoms with van der Waals surface area (Å²) in [5.74, 6) is 0.921. The average molecular weight is 189 g/mol. The van der Waals surface area contributed by atoms with Crippen LogP contribution in [0, 0.1) is 6.92 Å². The van der Waals surface area contributed by atoms with Crippen LogP contribution in [0.15, 0.2) is 18.2 Å². The van der Waals surface area contributed by atoms with Gasteiger partial charge in [-0.25, -0.2) is 0 Å². The number of hydrogen-bond donors (Lipinski definition) is 1. The number of fused-ring (bicyclic) bond motifs is 1. The SMILES string of the molecule is Cc1c(N)ccc2c1C=CC(C)(C)O2. The molecule has 1 aliphatic rings. The molecule has 0 unspecified atom stereocenters. The number of ether oxygens (including phenoxy) is 1. The number of benzene rings is 1. The number of nitrogens with two attached hydrogens (primary N) is 1. The van der Waals surface area contributed by atoms with E-state index >= 15 is 0 Å². The van der Waals surface area contributed by atoms with Crippen molar-refractivity contribution < 1.29 is 4.74 Å². The van der Waals surface area contributed by atoms with E-state index in [4.69, 9.17) is 10.5 Å². The zero-order valence-corrected chi connectivity index (χ0v) is 8.79. The second kappa shape index (κ2) is 2.77. The minimum atomic E-state index is -0.213. The van der Waals surface area contributed by atoms with E-state index in [-0.39, 0.29) is 5.60 Å². The van der Waals surface area contributed by atoms with Crippen LogP contribution in [0.3, 0.4) is 0 Å². The Kier molecular flexibility index (Phi) is 1.81. The minimum absolute atomic E-state index is 0.213. The molecule has 0 saturated carbocycles. The normalized spacial score (nSPS) is 17.4. The van der Waals surface area contributed by atoms with Crippen LogP contribution in [0.1, 0.15) is 25.0 Å². The Labute approximate surface area is 84.4 Å². The Balaban J connectivity index is 2.56. The van der Waals surface area contributed by atoms with E-state index in [1.807, 2.05) is 32.9 Å². The van der Waals surface area contributed by atoms with Crippen molar-refractivity contribution >= 4 is 11.8 Å². The van der Waals surface area contributed by atoms with Gasteiger partial charge in [0.15, 0.2) is 0 Å². The predicted octanol–water partition coefficient (Wildman–Crippen LogP) is 2.76.